The Morgan fingerprint density at radius 2 is 1.96 bits per heavy atom. The van der Waals surface area contributed by atoms with Gasteiger partial charge in [-0.3, -0.25) is 4.79 Å². The number of hydrogen-bond donors (Lipinski definition) is 1. The summed E-state index contributed by atoms with van der Waals surface area (Å²) >= 11 is 0. The molecule has 0 aliphatic rings. The molecule has 0 saturated carbocycles. The van der Waals surface area contributed by atoms with Crippen LogP contribution < -0.4 is 15.7 Å². The molecule has 0 saturated heterocycles. The van der Waals surface area contributed by atoms with Crippen LogP contribution in [-0.4, -0.2) is 12.5 Å². The quantitative estimate of drug-likeness (QED) is 0.729. The molecule has 5 nitrogen and oxygen atoms in total. The van der Waals surface area contributed by atoms with E-state index in [1.54, 1.807) is 18.2 Å². The fourth-order valence-corrected chi connectivity index (χ4v) is 2.61. The highest BCUT2D eigenvalue weighted by atomic mass is 16.5. The number of anilines is 1. The van der Waals surface area contributed by atoms with E-state index >= 15 is 0 Å². The average Bonchev–Trinajstić information content (AvgIpc) is 2.58. The van der Waals surface area contributed by atoms with Crippen molar-refractivity contribution in [2.45, 2.75) is 20.8 Å². The first-order valence-electron chi connectivity index (χ1n) is 8.08. The van der Waals surface area contributed by atoms with Gasteiger partial charge >= 0.3 is 5.63 Å². The van der Waals surface area contributed by atoms with Crippen LogP contribution in [0.1, 0.15) is 28.4 Å². The summed E-state index contributed by atoms with van der Waals surface area (Å²) in [7, 11) is 0. The van der Waals surface area contributed by atoms with Crippen LogP contribution in [0.25, 0.3) is 11.0 Å². The summed E-state index contributed by atoms with van der Waals surface area (Å²) in [5, 5.41) is 3.42. The first-order chi connectivity index (χ1) is 12.0. The van der Waals surface area contributed by atoms with Gasteiger partial charge in [-0.15, -0.1) is 0 Å². The summed E-state index contributed by atoms with van der Waals surface area (Å²) in [6, 6.07) is 12.6. The fraction of sp³-hybridized carbons (Fsp3) is 0.200. The number of benzene rings is 2. The summed E-state index contributed by atoms with van der Waals surface area (Å²) in [6.45, 7) is 6.14. The number of para-hydroxylation sites is 1. The minimum atomic E-state index is -0.692. The van der Waals surface area contributed by atoms with Crippen molar-refractivity contribution < 1.29 is 13.9 Å². The van der Waals surface area contributed by atoms with Crippen LogP contribution in [-0.2, 0) is 0 Å². The van der Waals surface area contributed by atoms with E-state index in [2.05, 4.69) is 5.32 Å². The number of carbonyl (C=O) groups is 1. The zero-order valence-corrected chi connectivity index (χ0v) is 14.4. The smallest absolute Gasteiger partial charge is 0.349 e. The average molecular weight is 337 g/mol. The molecule has 3 rings (SSSR count). The maximum absolute atomic E-state index is 12.6. The molecular formula is C20H19NO4. The van der Waals surface area contributed by atoms with Gasteiger partial charge in [0.1, 0.15) is 5.56 Å². The van der Waals surface area contributed by atoms with Gasteiger partial charge in [-0.2, -0.15) is 0 Å². The third kappa shape index (κ3) is 3.40. The standard InChI is InChI=1S/C20H19NO4/c1-4-24-17-7-5-6-14-11-15(20(23)25-18(14)17)19(22)21-16-10-12(2)8-9-13(16)3/h5-11H,4H2,1-3H3,(H,21,22). The van der Waals surface area contributed by atoms with Gasteiger partial charge in [-0.25, -0.2) is 4.79 Å². The van der Waals surface area contributed by atoms with Crippen molar-refractivity contribution in [1.29, 1.82) is 0 Å². The second-order valence-electron chi connectivity index (χ2n) is 5.83. The highest BCUT2D eigenvalue weighted by Crippen LogP contribution is 2.25. The number of amides is 1. The van der Waals surface area contributed by atoms with Crippen molar-refractivity contribution >= 4 is 22.6 Å². The third-order valence-corrected chi connectivity index (χ3v) is 3.91. The molecule has 0 atom stereocenters. The van der Waals surface area contributed by atoms with Crippen molar-refractivity contribution in [3.63, 3.8) is 0 Å². The van der Waals surface area contributed by atoms with Crippen molar-refractivity contribution in [2.24, 2.45) is 0 Å². The zero-order chi connectivity index (χ0) is 18.0. The number of ether oxygens (including phenoxy) is 1. The van der Waals surface area contributed by atoms with Gasteiger partial charge in [0.15, 0.2) is 11.3 Å². The third-order valence-electron chi connectivity index (χ3n) is 3.91. The van der Waals surface area contributed by atoms with E-state index in [9.17, 15) is 9.59 Å². The van der Waals surface area contributed by atoms with Crippen molar-refractivity contribution in [3.05, 3.63) is 69.6 Å². The Morgan fingerprint density at radius 1 is 1.16 bits per heavy atom. The second kappa shape index (κ2) is 6.81. The van der Waals surface area contributed by atoms with Crippen molar-refractivity contribution in [1.82, 2.24) is 0 Å². The van der Waals surface area contributed by atoms with Crippen molar-refractivity contribution in [2.75, 3.05) is 11.9 Å². The fourth-order valence-electron chi connectivity index (χ4n) is 2.61. The van der Waals surface area contributed by atoms with E-state index < -0.39 is 11.5 Å². The van der Waals surface area contributed by atoms with E-state index in [0.717, 1.165) is 11.1 Å². The molecule has 1 N–H and O–H groups in total. The van der Waals surface area contributed by atoms with Gasteiger partial charge in [0.2, 0.25) is 0 Å². The summed E-state index contributed by atoms with van der Waals surface area (Å²) in [4.78, 5) is 24.8. The molecule has 0 fully saturated rings. The minimum Gasteiger partial charge on any atom is -0.490 e. The van der Waals surface area contributed by atoms with Crippen LogP contribution in [0.3, 0.4) is 0 Å². The first kappa shape index (κ1) is 16.8. The number of carbonyl (C=O) groups excluding carboxylic acids is 1. The van der Waals surface area contributed by atoms with Crippen LogP contribution >= 0.6 is 0 Å². The Bertz CT molecular complexity index is 1000. The van der Waals surface area contributed by atoms with Crippen LogP contribution in [0.4, 0.5) is 5.69 Å². The maximum atomic E-state index is 12.6. The predicted octanol–water partition coefficient (Wildman–Crippen LogP) is 4.06. The number of aryl methyl sites for hydroxylation is 2. The molecular weight excluding hydrogens is 318 g/mol. The molecule has 3 aromatic rings. The Labute approximate surface area is 145 Å². The molecule has 1 heterocycles. The first-order valence-corrected chi connectivity index (χ1v) is 8.08. The highest BCUT2D eigenvalue weighted by molar-refractivity contribution is 6.06. The number of fused-ring (bicyclic) bond motifs is 1. The van der Waals surface area contributed by atoms with Crippen LogP contribution in [0.5, 0.6) is 5.75 Å². The van der Waals surface area contributed by atoms with E-state index in [0.29, 0.717) is 29.0 Å². The monoisotopic (exact) mass is 337 g/mol. The number of hydrogen-bond acceptors (Lipinski definition) is 4. The normalized spacial score (nSPS) is 10.7. The molecule has 0 unspecified atom stereocenters. The lowest BCUT2D eigenvalue weighted by Gasteiger charge is -2.10. The minimum absolute atomic E-state index is 0.0398. The topological polar surface area (TPSA) is 68.5 Å². The summed E-state index contributed by atoms with van der Waals surface area (Å²) < 4.78 is 10.8. The number of nitrogens with one attached hydrogen (secondary N) is 1. The SMILES string of the molecule is CCOc1cccc2cc(C(=O)Nc3cc(C)ccc3C)c(=O)oc12. The van der Waals surface area contributed by atoms with Crippen LogP contribution in [0.15, 0.2) is 51.7 Å². The molecule has 25 heavy (non-hydrogen) atoms. The van der Waals surface area contributed by atoms with Crippen LogP contribution in [0.2, 0.25) is 0 Å². The van der Waals surface area contributed by atoms with Gasteiger partial charge in [-0.05, 0) is 50.1 Å². The van der Waals surface area contributed by atoms with Gasteiger partial charge in [-0.1, -0.05) is 24.3 Å². The molecule has 128 valence electrons. The summed E-state index contributed by atoms with van der Waals surface area (Å²) in [6.07, 6.45) is 0. The molecule has 0 aliphatic carbocycles. The largest absolute Gasteiger partial charge is 0.490 e. The maximum Gasteiger partial charge on any atom is 0.349 e. The lowest BCUT2D eigenvalue weighted by atomic mass is 10.1. The van der Waals surface area contributed by atoms with E-state index in [4.69, 9.17) is 9.15 Å². The predicted molar refractivity (Wildman–Crippen MR) is 97.5 cm³/mol. The second-order valence-corrected chi connectivity index (χ2v) is 5.83. The van der Waals surface area contributed by atoms with Crippen LogP contribution in [0, 0.1) is 13.8 Å². The number of rotatable bonds is 4. The van der Waals surface area contributed by atoms with E-state index in [-0.39, 0.29) is 5.56 Å². The lowest BCUT2D eigenvalue weighted by Crippen LogP contribution is -2.21. The molecule has 0 spiro atoms. The molecule has 0 aliphatic heterocycles. The molecule has 0 bridgehead atoms. The molecule has 2 aromatic carbocycles. The lowest BCUT2D eigenvalue weighted by molar-refractivity contribution is 0.102. The Balaban J connectivity index is 2.01. The van der Waals surface area contributed by atoms with E-state index in [1.807, 2.05) is 39.0 Å². The zero-order valence-electron chi connectivity index (χ0n) is 14.4. The molecule has 1 aromatic heterocycles. The summed E-state index contributed by atoms with van der Waals surface area (Å²) in [5.41, 5.74) is 2.23. The van der Waals surface area contributed by atoms with Crippen molar-refractivity contribution in [3.8, 4) is 5.75 Å². The Morgan fingerprint density at radius 3 is 2.72 bits per heavy atom. The molecule has 1 amide bonds. The highest BCUT2D eigenvalue weighted by Gasteiger charge is 2.16. The molecule has 0 radical (unpaired) electrons. The van der Waals surface area contributed by atoms with Gasteiger partial charge in [0, 0.05) is 11.1 Å². The molecule has 5 heteroatoms. The van der Waals surface area contributed by atoms with Gasteiger partial charge < -0.3 is 14.5 Å². The van der Waals surface area contributed by atoms with Gasteiger partial charge in [0.05, 0.1) is 6.61 Å². The summed E-state index contributed by atoms with van der Waals surface area (Å²) in [5.74, 6) is -0.00949. The van der Waals surface area contributed by atoms with Gasteiger partial charge in [0.25, 0.3) is 5.91 Å². The van der Waals surface area contributed by atoms with E-state index in [1.165, 1.54) is 6.07 Å². The Kier molecular flexibility index (Phi) is 4.57. The Hall–Kier alpha value is -3.08.